The summed E-state index contributed by atoms with van der Waals surface area (Å²) >= 11 is 0. The van der Waals surface area contributed by atoms with Gasteiger partial charge in [-0.2, -0.15) is 0 Å². The quantitative estimate of drug-likeness (QED) is 0.344. The van der Waals surface area contributed by atoms with E-state index >= 15 is 0 Å². The number of piperidine rings is 1. The summed E-state index contributed by atoms with van der Waals surface area (Å²) in [6.07, 6.45) is 11.3. The van der Waals surface area contributed by atoms with Crippen molar-refractivity contribution < 1.29 is 18.8 Å². The molecule has 40 heavy (non-hydrogen) atoms. The molecule has 3 aromatic rings. The zero-order chi connectivity index (χ0) is 28.0. The van der Waals surface area contributed by atoms with Crippen LogP contribution in [0, 0.1) is 6.92 Å². The van der Waals surface area contributed by atoms with E-state index in [0.717, 1.165) is 73.2 Å². The minimum Gasteiger partial charge on any atom is -0.459 e. The van der Waals surface area contributed by atoms with Crippen LogP contribution < -0.4 is 5.32 Å². The first-order chi connectivity index (χ1) is 19.2. The molecule has 1 fully saturated rings. The number of likely N-dealkylation sites (tertiary alicyclic amines) is 1. The predicted octanol–water partition coefficient (Wildman–Crippen LogP) is 5.44. The Balaban J connectivity index is 1.16. The number of pyridine rings is 1. The topological polar surface area (TPSA) is 92.5 Å². The zero-order valence-electron chi connectivity index (χ0n) is 23.4. The number of fused-ring (bicyclic) bond motifs is 5. The van der Waals surface area contributed by atoms with Gasteiger partial charge in [-0.25, -0.2) is 0 Å². The van der Waals surface area contributed by atoms with Crippen LogP contribution in [0.2, 0.25) is 0 Å². The van der Waals surface area contributed by atoms with Gasteiger partial charge in [-0.05, 0) is 73.3 Å². The smallest absolute Gasteiger partial charge is 0.244 e. The fraction of sp³-hybridized carbons (Fsp3) is 0.394. The lowest BCUT2D eigenvalue weighted by molar-refractivity contribution is -0.117. The van der Waals surface area contributed by atoms with E-state index in [1.165, 1.54) is 5.56 Å². The summed E-state index contributed by atoms with van der Waals surface area (Å²) in [5, 5.41) is 3.10. The lowest BCUT2D eigenvalue weighted by Gasteiger charge is -2.34. The van der Waals surface area contributed by atoms with Crippen LogP contribution in [-0.4, -0.2) is 46.5 Å². The van der Waals surface area contributed by atoms with Gasteiger partial charge in [-0.1, -0.05) is 32.0 Å². The van der Waals surface area contributed by atoms with Crippen molar-refractivity contribution in [2.75, 3.05) is 13.1 Å². The van der Waals surface area contributed by atoms with E-state index in [4.69, 9.17) is 4.42 Å². The van der Waals surface area contributed by atoms with Crippen molar-refractivity contribution in [1.82, 2.24) is 15.2 Å². The van der Waals surface area contributed by atoms with Gasteiger partial charge in [0.05, 0.1) is 12.1 Å². The molecule has 2 aliphatic carbocycles. The molecule has 1 amide bonds. The van der Waals surface area contributed by atoms with E-state index in [-0.39, 0.29) is 17.4 Å². The second-order valence-corrected chi connectivity index (χ2v) is 11.9. The maximum Gasteiger partial charge on any atom is 0.244 e. The minimum atomic E-state index is -0.451. The Kier molecular flexibility index (Phi) is 6.78. The van der Waals surface area contributed by atoms with Crippen LogP contribution in [0.3, 0.4) is 0 Å². The molecular weight excluding hydrogens is 502 g/mol. The minimum absolute atomic E-state index is 0.0162. The molecule has 0 spiro atoms. The first-order valence-electron chi connectivity index (χ1n) is 14.2. The molecule has 0 atom stereocenters. The number of carbonyl (C=O) groups excluding carboxylic acids is 3. The van der Waals surface area contributed by atoms with E-state index in [9.17, 15) is 14.4 Å². The maximum atomic E-state index is 13.4. The summed E-state index contributed by atoms with van der Waals surface area (Å²) in [6, 6.07) is 7.96. The highest BCUT2D eigenvalue weighted by atomic mass is 16.3. The molecule has 7 nitrogen and oxygen atoms in total. The van der Waals surface area contributed by atoms with Crippen molar-refractivity contribution in [2.24, 2.45) is 0 Å². The maximum absolute atomic E-state index is 13.4. The van der Waals surface area contributed by atoms with Crippen LogP contribution in [-0.2, 0) is 23.2 Å². The lowest BCUT2D eigenvalue weighted by atomic mass is 9.69. The summed E-state index contributed by atoms with van der Waals surface area (Å²) in [5.41, 5.74) is 5.55. The monoisotopic (exact) mass is 537 g/mol. The van der Waals surface area contributed by atoms with Gasteiger partial charge in [0, 0.05) is 54.3 Å². The number of hydrogen-bond donors (Lipinski definition) is 1. The van der Waals surface area contributed by atoms with Crippen molar-refractivity contribution in [3.8, 4) is 11.3 Å². The van der Waals surface area contributed by atoms with Crippen molar-refractivity contribution in [3.63, 3.8) is 0 Å². The third-order valence-corrected chi connectivity index (χ3v) is 8.83. The fourth-order valence-corrected chi connectivity index (χ4v) is 6.57. The number of furan rings is 1. The number of nitrogens with one attached hydrogen (secondary N) is 1. The zero-order valence-corrected chi connectivity index (χ0v) is 23.4. The Morgan fingerprint density at radius 3 is 2.67 bits per heavy atom. The molecule has 1 N–H and O–H groups in total. The second-order valence-electron chi connectivity index (χ2n) is 11.9. The summed E-state index contributed by atoms with van der Waals surface area (Å²) in [7, 11) is 0. The van der Waals surface area contributed by atoms with E-state index in [2.05, 4.69) is 35.1 Å². The number of amides is 1. The fourth-order valence-electron chi connectivity index (χ4n) is 6.57. The van der Waals surface area contributed by atoms with E-state index < -0.39 is 11.6 Å². The number of ketones is 2. The summed E-state index contributed by atoms with van der Waals surface area (Å²) in [5.74, 6) is 0.318. The van der Waals surface area contributed by atoms with E-state index in [0.29, 0.717) is 23.4 Å². The third-order valence-electron chi connectivity index (χ3n) is 8.83. The average Bonchev–Trinajstić information content (AvgIpc) is 3.27. The van der Waals surface area contributed by atoms with Gasteiger partial charge in [0.1, 0.15) is 11.5 Å². The lowest BCUT2D eigenvalue weighted by Crippen LogP contribution is -2.43. The Morgan fingerprint density at radius 2 is 1.93 bits per heavy atom. The number of hydrogen-bond acceptors (Lipinski definition) is 6. The van der Waals surface area contributed by atoms with Gasteiger partial charge in [0.2, 0.25) is 17.5 Å². The van der Waals surface area contributed by atoms with Gasteiger partial charge in [0.25, 0.3) is 0 Å². The first-order valence-corrected chi connectivity index (χ1v) is 14.2. The van der Waals surface area contributed by atoms with Crippen LogP contribution >= 0.6 is 0 Å². The van der Waals surface area contributed by atoms with Crippen molar-refractivity contribution in [2.45, 2.75) is 70.9 Å². The van der Waals surface area contributed by atoms with Crippen LogP contribution in [0.15, 0.2) is 47.2 Å². The number of Topliss-reactive ketones (excluding diaryl/α,β-unsaturated/α-hetero) is 2. The average molecular weight is 538 g/mol. The number of benzene rings is 1. The molecule has 0 bridgehead atoms. The highest BCUT2D eigenvalue weighted by Gasteiger charge is 2.40. The van der Waals surface area contributed by atoms with E-state index in [1.54, 1.807) is 24.5 Å². The van der Waals surface area contributed by atoms with Gasteiger partial charge < -0.3 is 9.73 Å². The molecule has 2 aromatic heterocycles. The molecule has 0 radical (unpaired) electrons. The van der Waals surface area contributed by atoms with Gasteiger partial charge in [-0.3, -0.25) is 24.3 Å². The Hall–Kier alpha value is -3.84. The van der Waals surface area contributed by atoms with Gasteiger partial charge in [0.15, 0.2) is 0 Å². The number of carbonyl (C=O) groups is 3. The highest BCUT2D eigenvalue weighted by molar-refractivity contribution is 6.53. The molecule has 0 saturated carbocycles. The molecule has 0 unspecified atom stereocenters. The summed E-state index contributed by atoms with van der Waals surface area (Å²) < 4.78 is 6.39. The SMILES string of the molecule is Cc1c(CN2CCC(NC(=O)/C=C/c3cccnc3)CC2)oc2c1C(=O)C(=O)c1c-2ccc2c1CCCC2(C)C. The standard InChI is InChI=1S/C33H35N3O4/c1-20-26(19-36-16-12-22(13-17-36)35-27(37)11-8-21-6-5-15-34-18-21)40-32-24-9-10-25-23(7-4-14-33(25,2)3)29(24)31(39)30(38)28(20)32/h5-6,8-11,15,18,22H,4,7,12-14,16-17,19H2,1-3H3,(H,35,37)/b11-8+. The van der Waals surface area contributed by atoms with Crippen molar-refractivity contribution >= 4 is 23.5 Å². The third kappa shape index (κ3) is 4.73. The van der Waals surface area contributed by atoms with Crippen LogP contribution in [0.5, 0.6) is 0 Å². The van der Waals surface area contributed by atoms with E-state index in [1.807, 2.05) is 25.1 Å². The molecule has 206 valence electrons. The first kappa shape index (κ1) is 26.4. The molecule has 1 aliphatic heterocycles. The number of aromatic nitrogens is 1. The van der Waals surface area contributed by atoms with Gasteiger partial charge >= 0.3 is 0 Å². The largest absolute Gasteiger partial charge is 0.459 e. The number of nitrogens with zero attached hydrogens (tertiary/aromatic N) is 2. The molecule has 1 saturated heterocycles. The highest BCUT2D eigenvalue weighted by Crippen LogP contribution is 2.45. The molecule has 6 rings (SSSR count). The predicted molar refractivity (Wildman–Crippen MR) is 153 cm³/mol. The summed E-state index contributed by atoms with van der Waals surface area (Å²) in [6.45, 7) is 8.47. The molecular formula is C33H35N3O4. The molecule has 1 aromatic carbocycles. The summed E-state index contributed by atoms with van der Waals surface area (Å²) in [4.78, 5) is 45.5. The van der Waals surface area contributed by atoms with Crippen molar-refractivity contribution in [1.29, 1.82) is 0 Å². The van der Waals surface area contributed by atoms with Gasteiger partial charge in [-0.15, -0.1) is 0 Å². The molecule has 3 heterocycles. The van der Waals surface area contributed by atoms with Crippen molar-refractivity contribution in [3.05, 3.63) is 81.9 Å². The van der Waals surface area contributed by atoms with Crippen LogP contribution in [0.4, 0.5) is 0 Å². The van der Waals surface area contributed by atoms with Crippen LogP contribution in [0.1, 0.15) is 88.3 Å². The number of rotatable bonds is 5. The Labute approximate surface area is 234 Å². The van der Waals surface area contributed by atoms with Crippen LogP contribution in [0.25, 0.3) is 17.4 Å². The second kappa shape index (κ2) is 10.3. The Bertz CT molecular complexity index is 1520. The molecule has 3 aliphatic rings. The molecule has 7 heteroatoms. The Morgan fingerprint density at radius 1 is 1.15 bits per heavy atom. The normalized spacial score (nSPS) is 18.9.